The third kappa shape index (κ3) is 5.23. The van der Waals surface area contributed by atoms with Gasteiger partial charge in [-0.3, -0.25) is 4.79 Å². The molecule has 1 fully saturated rings. The van der Waals surface area contributed by atoms with Gasteiger partial charge in [0.05, 0.1) is 35.5 Å². The Bertz CT molecular complexity index is 1330. The number of H-pyrrole nitrogens is 1. The van der Waals surface area contributed by atoms with E-state index in [1.165, 1.54) is 6.92 Å². The summed E-state index contributed by atoms with van der Waals surface area (Å²) >= 11 is 6.57. The minimum Gasteiger partial charge on any atom is -0.426 e. The van der Waals surface area contributed by atoms with Crippen LogP contribution in [0.2, 0.25) is 5.02 Å². The van der Waals surface area contributed by atoms with Crippen molar-refractivity contribution >= 4 is 34.4 Å². The molecule has 1 unspecified atom stereocenters. The van der Waals surface area contributed by atoms with E-state index in [4.69, 9.17) is 21.1 Å². The summed E-state index contributed by atoms with van der Waals surface area (Å²) in [6, 6.07) is 17.8. The molecular formula is C26H26ClN5O3. The number of nitrogens with zero attached hydrogens (tertiary/aromatic N) is 3. The van der Waals surface area contributed by atoms with Gasteiger partial charge >= 0.3 is 6.01 Å². The SMILES string of the molecule is CC(=O)NC(C)c1ccc(Oc2nc3nc(-c4ccc(N5CCOCC5)cc4)c(Cl)cc3[nH]2)cc1. The maximum absolute atomic E-state index is 11.3. The lowest BCUT2D eigenvalue weighted by atomic mass is 10.1. The molecule has 0 aliphatic carbocycles. The van der Waals surface area contributed by atoms with Gasteiger partial charge in [0.1, 0.15) is 5.75 Å². The number of carbonyl (C=O) groups is 1. The van der Waals surface area contributed by atoms with Crippen LogP contribution in [-0.4, -0.2) is 47.2 Å². The average molecular weight is 492 g/mol. The van der Waals surface area contributed by atoms with Crippen molar-refractivity contribution in [2.24, 2.45) is 0 Å². The van der Waals surface area contributed by atoms with Gasteiger partial charge in [0, 0.05) is 31.3 Å². The lowest BCUT2D eigenvalue weighted by molar-refractivity contribution is -0.119. The van der Waals surface area contributed by atoms with Gasteiger partial charge in [0.25, 0.3) is 0 Å². The number of imidazole rings is 1. The van der Waals surface area contributed by atoms with E-state index in [9.17, 15) is 4.79 Å². The fourth-order valence-electron chi connectivity index (χ4n) is 4.12. The van der Waals surface area contributed by atoms with Crippen LogP contribution in [0.25, 0.3) is 22.4 Å². The highest BCUT2D eigenvalue weighted by atomic mass is 35.5. The second kappa shape index (κ2) is 9.93. The van der Waals surface area contributed by atoms with Crippen molar-refractivity contribution in [2.75, 3.05) is 31.2 Å². The first-order valence-electron chi connectivity index (χ1n) is 11.5. The van der Waals surface area contributed by atoms with Crippen LogP contribution in [-0.2, 0) is 9.53 Å². The third-order valence-corrected chi connectivity index (χ3v) is 6.22. The molecule has 2 aromatic carbocycles. The highest BCUT2D eigenvalue weighted by molar-refractivity contribution is 6.33. The molecule has 3 heterocycles. The third-order valence-electron chi connectivity index (χ3n) is 5.94. The molecular weight excluding hydrogens is 466 g/mol. The molecule has 0 spiro atoms. The number of rotatable bonds is 6. The number of nitrogens with one attached hydrogen (secondary N) is 2. The smallest absolute Gasteiger partial charge is 0.301 e. The summed E-state index contributed by atoms with van der Waals surface area (Å²) in [5.74, 6) is 0.548. The van der Waals surface area contributed by atoms with Crippen LogP contribution in [0.1, 0.15) is 25.5 Å². The molecule has 4 aromatic rings. The normalized spacial score (nSPS) is 14.7. The number of halogens is 1. The summed E-state index contributed by atoms with van der Waals surface area (Å²) in [4.78, 5) is 25.9. The maximum Gasteiger partial charge on any atom is 0.301 e. The summed E-state index contributed by atoms with van der Waals surface area (Å²) in [6.45, 7) is 6.70. The van der Waals surface area contributed by atoms with Gasteiger partial charge in [-0.15, -0.1) is 0 Å². The number of anilines is 1. The van der Waals surface area contributed by atoms with Gasteiger partial charge in [-0.1, -0.05) is 35.9 Å². The Balaban J connectivity index is 1.33. The number of morpholine rings is 1. The lowest BCUT2D eigenvalue weighted by Gasteiger charge is -2.28. The quantitative estimate of drug-likeness (QED) is 0.389. The van der Waals surface area contributed by atoms with Crippen molar-refractivity contribution in [2.45, 2.75) is 19.9 Å². The molecule has 0 saturated carbocycles. The molecule has 9 heteroatoms. The molecule has 1 aliphatic heterocycles. The highest BCUT2D eigenvalue weighted by Crippen LogP contribution is 2.31. The summed E-state index contributed by atoms with van der Waals surface area (Å²) in [5.41, 5.74) is 4.93. The summed E-state index contributed by atoms with van der Waals surface area (Å²) in [6.07, 6.45) is 0. The van der Waals surface area contributed by atoms with E-state index in [0.717, 1.165) is 43.1 Å². The van der Waals surface area contributed by atoms with Gasteiger partial charge in [-0.2, -0.15) is 4.98 Å². The monoisotopic (exact) mass is 491 g/mol. The fourth-order valence-corrected chi connectivity index (χ4v) is 4.38. The van der Waals surface area contributed by atoms with Crippen LogP contribution in [0.15, 0.2) is 54.6 Å². The first-order valence-corrected chi connectivity index (χ1v) is 11.9. The topological polar surface area (TPSA) is 92.4 Å². The summed E-state index contributed by atoms with van der Waals surface area (Å²) in [5, 5.41) is 3.39. The first kappa shape index (κ1) is 23.1. The van der Waals surface area contributed by atoms with E-state index in [2.05, 4.69) is 37.3 Å². The maximum atomic E-state index is 11.3. The van der Waals surface area contributed by atoms with E-state index in [-0.39, 0.29) is 11.9 Å². The number of carbonyl (C=O) groups excluding carboxylic acids is 1. The highest BCUT2D eigenvalue weighted by Gasteiger charge is 2.15. The zero-order valence-corrected chi connectivity index (χ0v) is 20.3. The Kier molecular flexibility index (Phi) is 6.57. The van der Waals surface area contributed by atoms with Crippen molar-refractivity contribution in [3.05, 3.63) is 65.2 Å². The number of amides is 1. The number of aromatic nitrogens is 3. The van der Waals surface area contributed by atoms with Gasteiger partial charge in [0.2, 0.25) is 5.91 Å². The molecule has 2 N–H and O–H groups in total. The molecule has 0 bridgehead atoms. The first-order chi connectivity index (χ1) is 17.0. The zero-order chi connectivity index (χ0) is 24.4. The number of pyridine rings is 1. The molecule has 180 valence electrons. The molecule has 8 nitrogen and oxygen atoms in total. The van der Waals surface area contributed by atoms with E-state index < -0.39 is 0 Å². The van der Waals surface area contributed by atoms with Crippen LogP contribution in [0.3, 0.4) is 0 Å². The Morgan fingerprint density at radius 2 is 1.83 bits per heavy atom. The second-order valence-electron chi connectivity index (χ2n) is 8.47. The summed E-state index contributed by atoms with van der Waals surface area (Å²) < 4.78 is 11.3. The predicted molar refractivity (Wildman–Crippen MR) is 136 cm³/mol. The van der Waals surface area contributed by atoms with Crippen LogP contribution in [0, 0.1) is 0 Å². The van der Waals surface area contributed by atoms with Crippen molar-refractivity contribution in [1.82, 2.24) is 20.3 Å². The molecule has 1 atom stereocenters. The molecule has 1 saturated heterocycles. The van der Waals surface area contributed by atoms with Gasteiger partial charge in [-0.05, 0) is 42.8 Å². The number of hydrogen-bond acceptors (Lipinski definition) is 6. The van der Waals surface area contributed by atoms with Crippen molar-refractivity contribution in [3.8, 4) is 23.0 Å². The Labute approximate surface area is 208 Å². The largest absolute Gasteiger partial charge is 0.426 e. The van der Waals surface area contributed by atoms with Crippen LogP contribution in [0.4, 0.5) is 5.69 Å². The standard InChI is InChI=1S/C26H26ClN5O3/c1-16(28-17(2)33)18-5-9-21(10-6-18)35-26-29-23-15-22(27)24(30-25(23)31-26)19-3-7-20(8-4-19)32-11-13-34-14-12-32/h3-10,15-16H,11-14H2,1-2H3,(H,28,33)(H,29,30,31). The van der Waals surface area contributed by atoms with Crippen LogP contribution < -0.4 is 15.0 Å². The molecule has 1 amide bonds. The fraction of sp³-hybridized carbons (Fsp3) is 0.269. The number of hydrogen-bond donors (Lipinski definition) is 2. The summed E-state index contributed by atoms with van der Waals surface area (Å²) in [7, 11) is 0. The molecule has 2 aromatic heterocycles. The van der Waals surface area contributed by atoms with E-state index in [1.54, 1.807) is 0 Å². The second-order valence-corrected chi connectivity index (χ2v) is 8.88. The Hall–Kier alpha value is -3.62. The van der Waals surface area contributed by atoms with E-state index >= 15 is 0 Å². The number of ether oxygens (including phenoxy) is 2. The number of aromatic amines is 1. The molecule has 5 rings (SSSR count). The van der Waals surface area contributed by atoms with Gasteiger partial charge < -0.3 is 24.7 Å². The Morgan fingerprint density at radius 1 is 1.11 bits per heavy atom. The van der Waals surface area contributed by atoms with Gasteiger partial charge in [-0.25, -0.2) is 4.98 Å². The van der Waals surface area contributed by atoms with E-state index in [0.29, 0.717) is 33.6 Å². The van der Waals surface area contributed by atoms with Crippen molar-refractivity contribution in [3.63, 3.8) is 0 Å². The van der Waals surface area contributed by atoms with Crippen LogP contribution in [0.5, 0.6) is 11.8 Å². The predicted octanol–water partition coefficient (Wildman–Crippen LogP) is 5.10. The minimum atomic E-state index is -0.0829. The number of fused-ring (bicyclic) bond motifs is 1. The average Bonchev–Trinajstić information content (AvgIpc) is 3.25. The minimum absolute atomic E-state index is 0.0707. The number of benzene rings is 2. The zero-order valence-electron chi connectivity index (χ0n) is 19.5. The van der Waals surface area contributed by atoms with E-state index in [1.807, 2.05) is 49.4 Å². The van der Waals surface area contributed by atoms with Crippen LogP contribution >= 0.6 is 11.6 Å². The molecule has 35 heavy (non-hydrogen) atoms. The molecule has 0 radical (unpaired) electrons. The lowest BCUT2D eigenvalue weighted by Crippen LogP contribution is -2.36. The Morgan fingerprint density at radius 3 is 2.51 bits per heavy atom. The molecule has 1 aliphatic rings. The van der Waals surface area contributed by atoms with Crippen molar-refractivity contribution < 1.29 is 14.3 Å². The van der Waals surface area contributed by atoms with Gasteiger partial charge in [0.15, 0.2) is 5.65 Å². The van der Waals surface area contributed by atoms with Crippen molar-refractivity contribution in [1.29, 1.82) is 0 Å².